The maximum Gasteiger partial charge on any atom is 0.328 e. The highest BCUT2D eigenvalue weighted by atomic mass is 16.5. The maximum atomic E-state index is 12.2. The van der Waals surface area contributed by atoms with E-state index in [1.54, 1.807) is 6.92 Å². The topological polar surface area (TPSA) is 84.5 Å². The quantitative estimate of drug-likeness (QED) is 0.534. The normalized spacial score (nSPS) is 13.3. The Hall–Kier alpha value is -1.85. The Morgan fingerprint density at radius 2 is 1.70 bits per heavy atom. The van der Waals surface area contributed by atoms with Crippen molar-refractivity contribution in [2.75, 3.05) is 7.11 Å². The molecule has 0 aliphatic heterocycles. The van der Waals surface area contributed by atoms with Crippen molar-refractivity contribution in [3.63, 3.8) is 0 Å². The van der Waals surface area contributed by atoms with Crippen molar-refractivity contribution in [3.8, 4) is 0 Å². The summed E-state index contributed by atoms with van der Waals surface area (Å²) in [5.74, 6) is -1.34. The van der Waals surface area contributed by atoms with E-state index in [-0.39, 0.29) is 11.8 Å². The number of methoxy groups -OCH3 is 1. The molecule has 2 amide bonds. The van der Waals surface area contributed by atoms with Gasteiger partial charge in [0.1, 0.15) is 12.1 Å². The minimum atomic E-state index is -0.792. The summed E-state index contributed by atoms with van der Waals surface area (Å²) in [7, 11) is 1.26. The van der Waals surface area contributed by atoms with E-state index < -0.39 is 24.0 Å². The van der Waals surface area contributed by atoms with E-state index in [0.717, 1.165) is 5.57 Å². The van der Waals surface area contributed by atoms with E-state index >= 15 is 0 Å². The van der Waals surface area contributed by atoms with E-state index in [4.69, 9.17) is 0 Å². The third-order valence-electron chi connectivity index (χ3n) is 2.66. The second-order valence-electron chi connectivity index (χ2n) is 5.17. The fourth-order valence-corrected chi connectivity index (χ4v) is 1.70. The van der Waals surface area contributed by atoms with Crippen molar-refractivity contribution in [1.82, 2.24) is 10.6 Å². The first-order valence-corrected chi connectivity index (χ1v) is 6.48. The molecule has 6 heteroatoms. The third-order valence-corrected chi connectivity index (χ3v) is 2.66. The largest absolute Gasteiger partial charge is 0.467 e. The van der Waals surface area contributed by atoms with Crippen LogP contribution in [0.2, 0.25) is 0 Å². The number of nitrogens with one attached hydrogen (secondary N) is 2. The summed E-state index contributed by atoms with van der Waals surface area (Å²) in [6, 6.07) is -1.48. The molecular formula is C14H24N2O4. The van der Waals surface area contributed by atoms with E-state index in [1.807, 2.05) is 13.8 Å². The Kier molecular flexibility index (Phi) is 7.57. The van der Waals surface area contributed by atoms with Crippen molar-refractivity contribution in [2.45, 2.75) is 46.2 Å². The summed E-state index contributed by atoms with van der Waals surface area (Å²) in [6.07, 6.45) is 0.295. The molecule has 2 atom stereocenters. The summed E-state index contributed by atoms with van der Waals surface area (Å²) in [5, 5.41) is 5.17. The molecule has 0 rings (SSSR count). The van der Waals surface area contributed by atoms with E-state index in [2.05, 4.69) is 21.9 Å². The highest BCUT2D eigenvalue weighted by molar-refractivity contribution is 5.90. The lowest BCUT2D eigenvalue weighted by Crippen LogP contribution is -2.53. The number of ether oxygens (including phenoxy) is 1. The van der Waals surface area contributed by atoms with Gasteiger partial charge in [-0.3, -0.25) is 9.59 Å². The molecule has 0 spiro atoms. The molecule has 2 N–H and O–H groups in total. The third kappa shape index (κ3) is 6.36. The molecule has 0 aliphatic rings. The van der Waals surface area contributed by atoms with E-state index in [0.29, 0.717) is 6.42 Å². The molecule has 6 nitrogen and oxygen atoms in total. The zero-order chi connectivity index (χ0) is 15.9. The second-order valence-corrected chi connectivity index (χ2v) is 5.17. The van der Waals surface area contributed by atoms with Crippen LogP contribution in [-0.4, -0.2) is 37.0 Å². The van der Waals surface area contributed by atoms with Gasteiger partial charge in [0.2, 0.25) is 11.8 Å². The lowest BCUT2D eigenvalue weighted by atomic mass is 10.0. The lowest BCUT2D eigenvalue weighted by molar-refractivity contribution is -0.145. The standard InChI is InChI=1S/C14H24N2O4/c1-8(2)7-11(14(19)20-6)16-13(18)12(9(3)4)15-10(5)17/h9,11-12H,1,7H2,2-6H3,(H,15,17)(H,16,18)/t11-,12-/m1/s1. The van der Waals surface area contributed by atoms with E-state index in [1.165, 1.54) is 14.0 Å². The van der Waals surface area contributed by atoms with Crippen molar-refractivity contribution >= 4 is 17.8 Å². The number of carbonyl (C=O) groups is 3. The van der Waals surface area contributed by atoms with Crippen LogP contribution in [0, 0.1) is 5.92 Å². The number of carbonyl (C=O) groups excluding carboxylic acids is 3. The smallest absolute Gasteiger partial charge is 0.328 e. The van der Waals surface area contributed by atoms with Gasteiger partial charge in [0.05, 0.1) is 7.11 Å². The van der Waals surface area contributed by atoms with Crippen molar-refractivity contribution < 1.29 is 19.1 Å². The Balaban J connectivity index is 4.90. The summed E-state index contributed by atoms with van der Waals surface area (Å²) >= 11 is 0. The molecule has 114 valence electrons. The average molecular weight is 284 g/mol. The van der Waals surface area contributed by atoms with Gasteiger partial charge in [-0.25, -0.2) is 4.79 Å². The predicted molar refractivity (Wildman–Crippen MR) is 75.8 cm³/mol. The van der Waals surface area contributed by atoms with Gasteiger partial charge in [0, 0.05) is 6.92 Å². The molecule has 0 unspecified atom stereocenters. The lowest BCUT2D eigenvalue weighted by Gasteiger charge is -2.24. The Bertz CT molecular complexity index is 391. The molecule has 0 radical (unpaired) electrons. The molecular weight excluding hydrogens is 260 g/mol. The van der Waals surface area contributed by atoms with E-state index in [9.17, 15) is 14.4 Å². The highest BCUT2D eigenvalue weighted by Gasteiger charge is 2.28. The minimum Gasteiger partial charge on any atom is -0.467 e. The average Bonchev–Trinajstić information content (AvgIpc) is 2.32. The molecule has 0 bridgehead atoms. The van der Waals surface area contributed by atoms with Crippen LogP contribution in [0.25, 0.3) is 0 Å². The molecule has 0 heterocycles. The van der Waals surface area contributed by atoms with Crippen LogP contribution in [0.15, 0.2) is 12.2 Å². The SMILES string of the molecule is C=C(C)C[C@@H](NC(=O)[C@H](NC(C)=O)C(C)C)C(=O)OC. The van der Waals surface area contributed by atoms with Gasteiger partial charge in [0.25, 0.3) is 0 Å². The van der Waals surface area contributed by atoms with Crippen molar-refractivity contribution in [3.05, 3.63) is 12.2 Å². The van der Waals surface area contributed by atoms with Gasteiger partial charge in [0.15, 0.2) is 0 Å². The van der Waals surface area contributed by atoms with Gasteiger partial charge in [-0.1, -0.05) is 19.4 Å². The van der Waals surface area contributed by atoms with Gasteiger partial charge in [-0.15, -0.1) is 6.58 Å². The summed E-state index contributed by atoms with van der Waals surface area (Å²) in [5.41, 5.74) is 0.751. The molecule has 0 fully saturated rings. The number of amides is 2. The number of rotatable bonds is 7. The Morgan fingerprint density at radius 3 is 2.05 bits per heavy atom. The summed E-state index contributed by atoms with van der Waals surface area (Å²) in [6.45, 7) is 10.4. The molecule has 0 saturated carbocycles. The fraction of sp³-hybridized carbons (Fsp3) is 0.643. The minimum absolute atomic E-state index is 0.0953. The molecule has 0 aromatic rings. The number of hydrogen-bond donors (Lipinski definition) is 2. The van der Waals surface area contributed by atoms with Crippen LogP contribution in [0.4, 0.5) is 0 Å². The first-order chi connectivity index (χ1) is 9.18. The molecule has 20 heavy (non-hydrogen) atoms. The van der Waals surface area contributed by atoms with Gasteiger partial charge < -0.3 is 15.4 Å². The fourth-order valence-electron chi connectivity index (χ4n) is 1.70. The second kappa shape index (κ2) is 8.35. The van der Waals surface area contributed by atoms with Crippen LogP contribution >= 0.6 is 0 Å². The summed E-state index contributed by atoms with van der Waals surface area (Å²) < 4.78 is 4.65. The van der Waals surface area contributed by atoms with Crippen LogP contribution in [0.1, 0.15) is 34.1 Å². The zero-order valence-electron chi connectivity index (χ0n) is 12.8. The number of hydrogen-bond acceptors (Lipinski definition) is 4. The Morgan fingerprint density at radius 1 is 1.15 bits per heavy atom. The molecule has 0 aromatic heterocycles. The molecule has 0 aromatic carbocycles. The first-order valence-electron chi connectivity index (χ1n) is 6.48. The van der Waals surface area contributed by atoms with Gasteiger partial charge in [-0.05, 0) is 19.3 Å². The molecule has 0 saturated heterocycles. The monoisotopic (exact) mass is 284 g/mol. The summed E-state index contributed by atoms with van der Waals surface area (Å²) in [4.78, 5) is 34.9. The maximum absolute atomic E-state index is 12.2. The van der Waals surface area contributed by atoms with Gasteiger partial charge >= 0.3 is 5.97 Å². The molecule has 0 aliphatic carbocycles. The van der Waals surface area contributed by atoms with Crippen molar-refractivity contribution in [1.29, 1.82) is 0 Å². The van der Waals surface area contributed by atoms with Crippen molar-refractivity contribution in [2.24, 2.45) is 5.92 Å². The van der Waals surface area contributed by atoms with Crippen LogP contribution < -0.4 is 10.6 Å². The highest BCUT2D eigenvalue weighted by Crippen LogP contribution is 2.07. The Labute approximate surface area is 119 Å². The van der Waals surface area contributed by atoms with Crippen LogP contribution in [-0.2, 0) is 19.1 Å². The van der Waals surface area contributed by atoms with Crippen LogP contribution in [0.5, 0.6) is 0 Å². The predicted octanol–water partition coefficient (Wildman–Crippen LogP) is 0.771. The van der Waals surface area contributed by atoms with Crippen LogP contribution in [0.3, 0.4) is 0 Å². The zero-order valence-corrected chi connectivity index (χ0v) is 12.8. The van der Waals surface area contributed by atoms with Gasteiger partial charge in [-0.2, -0.15) is 0 Å². The first kappa shape index (κ1) is 18.1. The number of esters is 1.